The number of ether oxygens (including phenoxy) is 1. The number of nitrogens with one attached hydrogen (secondary N) is 1. The highest BCUT2D eigenvalue weighted by atomic mass is 35.5. The molecule has 6 heteroatoms. The fourth-order valence-electron chi connectivity index (χ4n) is 2.77. The van der Waals surface area contributed by atoms with Gasteiger partial charge in [0.05, 0.1) is 11.0 Å². The number of hydrogen-bond donors (Lipinski definition) is 1. The molecule has 1 heterocycles. The minimum Gasteiger partial charge on any atom is -0.376 e. The molecule has 1 aromatic rings. The van der Waals surface area contributed by atoms with Crippen molar-refractivity contribution in [2.24, 2.45) is 5.92 Å². The van der Waals surface area contributed by atoms with Crippen molar-refractivity contribution in [2.75, 3.05) is 6.61 Å². The third-order valence-corrected chi connectivity index (χ3v) is 4.39. The first-order valence-electron chi connectivity index (χ1n) is 6.93. The maximum Gasteiger partial charge on any atom is 0.269 e. The number of benzene rings is 1. The molecule has 1 saturated heterocycles. The van der Waals surface area contributed by atoms with Gasteiger partial charge in [-0.1, -0.05) is 11.6 Å². The molecule has 1 aliphatic heterocycles. The molecule has 0 aromatic heterocycles. The maximum atomic E-state index is 10.8. The zero-order valence-electron chi connectivity index (χ0n) is 11.0. The molecule has 2 atom stereocenters. The Labute approximate surface area is 122 Å². The summed E-state index contributed by atoms with van der Waals surface area (Å²) in [6, 6.07) is 4.88. The van der Waals surface area contributed by atoms with Gasteiger partial charge < -0.3 is 10.1 Å². The van der Waals surface area contributed by atoms with Crippen molar-refractivity contribution in [3.63, 3.8) is 0 Å². The van der Waals surface area contributed by atoms with Crippen molar-refractivity contribution >= 4 is 17.3 Å². The normalized spacial score (nSPS) is 25.9. The fraction of sp³-hybridized carbons (Fsp3) is 0.571. The van der Waals surface area contributed by atoms with Gasteiger partial charge in [0.1, 0.15) is 0 Å². The Morgan fingerprint density at radius 2 is 2.20 bits per heavy atom. The zero-order chi connectivity index (χ0) is 14.1. The number of nitro benzene ring substituents is 1. The molecule has 0 bridgehead atoms. The first kappa shape index (κ1) is 13.8. The first-order chi connectivity index (χ1) is 9.65. The number of nitro groups is 1. The first-order valence-corrected chi connectivity index (χ1v) is 7.31. The van der Waals surface area contributed by atoms with E-state index in [1.807, 2.05) is 0 Å². The Bertz CT molecular complexity index is 519. The van der Waals surface area contributed by atoms with E-state index in [-0.39, 0.29) is 5.69 Å². The predicted octanol–water partition coefficient (Wildman–Crippen LogP) is 2.91. The van der Waals surface area contributed by atoms with Gasteiger partial charge in [-0.2, -0.15) is 0 Å². The van der Waals surface area contributed by atoms with E-state index in [1.165, 1.54) is 25.0 Å². The minimum atomic E-state index is -0.397. The van der Waals surface area contributed by atoms with Gasteiger partial charge in [-0.05, 0) is 36.8 Å². The topological polar surface area (TPSA) is 64.4 Å². The number of non-ortho nitro benzene ring substituents is 1. The summed E-state index contributed by atoms with van der Waals surface area (Å²) < 4.78 is 5.77. The van der Waals surface area contributed by atoms with Crippen LogP contribution in [0.5, 0.6) is 0 Å². The zero-order valence-corrected chi connectivity index (χ0v) is 11.8. The van der Waals surface area contributed by atoms with Crippen molar-refractivity contribution < 1.29 is 9.66 Å². The van der Waals surface area contributed by atoms with Gasteiger partial charge in [-0.25, -0.2) is 0 Å². The Morgan fingerprint density at radius 3 is 2.90 bits per heavy atom. The molecule has 3 rings (SSSR count). The highest BCUT2D eigenvalue weighted by Crippen LogP contribution is 2.38. The van der Waals surface area contributed by atoms with Crippen LogP contribution in [0.2, 0.25) is 5.02 Å². The van der Waals surface area contributed by atoms with E-state index in [0.29, 0.717) is 29.6 Å². The summed E-state index contributed by atoms with van der Waals surface area (Å²) in [5.74, 6) is 0.690. The van der Waals surface area contributed by atoms with Crippen LogP contribution in [0.1, 0.15) is 24.8 Å². The third-order valence-electron chi connectivity index (χ3n) is 4.02. The molecule has 1 aliphatic carbocycles. The molecule has 2 unspecified atom stereocenters. The predicted molar refractivity (Wildman–Crippen MR) is 75.8 cm³/mol. The van der Waals surface area contributed by atoms with Crippen molar-refractivity contribution in [1.82, 2.24) is 5.32 Å². The molecule has 108 valence electrons. The SMILES string of the molecule is O=[N+]([O-])c1ccc(Cl)c(CNC2CCOC2C2CC2)c1. The fourth-order valence-corrected chi connectivity index (χ4v) is 2.95. The summed E-state index contributed by atoms with van der Waals surface area (Å²) in [4.78, 5) is 10.4. The van der Waals surface area contributed by atoms with Crippen LogP contribution in [0, 0.1) is 16.0 Å². The summed E-state index contributed by atoms with van der Waals surface area (Å²) in [7, 11) is 0. The lowest BCUT2D eigenvalue weighted by Crippen LogP contribution is -2.37. The van der Waals surface area contributed by atoms with Gasteiger partial charge >= 0.3 is 0 Å². The smallest absolute Gasteiger partial charge is 0.269 e. The van der Waals surface area contributed by atoms with Gasteiger partial charge in [0.2, 0.25) is 0 Å². The molecule has 2 aliphatic rings. The van der Waals surface area contributed by atoms with Crippen molar-refractivity contribution in [1.29, 1.82) is 0 Å². The summed E-state index contributed by atoms with van der Waals surface area (Å²) in [6.07, 6.45) is 3.79. The van der Waals surface area contributed by atoms with Gasteiger partial charge in [-0.15, -0.1) is 0 Å². The van der Waals surface area contributed by atoms with Crippen LogP contribution in [0.4, 0.5) is 5.69 Å². The molecule has 1 saturated carbocycles. The Kier molecular flexibility index (Phi) is 3.92. The monoisotopic (exact) mass is 296 g/mol. The molecule has 5 nitrogen and oxygen atoms in total. The maximum absolute atomic E-state index is 10.8. The van der Waals surface area contributed by atoms with Crippen molar-refractivity contribution in [3.8, 4) is 0 Å². The van der Waals surface area contributed by atoms with E-state index in [1.54, 1.807) is 6.07 Å². The van der Waals surface area contributed by atoms with Crippen LogP contribution in [-0.2, 0) is 11.3 Å². The molecule has 1 aromatic carbocycles. The number of hydrogen-bond acceptors (Lipinski definition) is 4. The standard InChI is InChI=1S/C14H17ClN2O3/c15-12-4-3-11(17(18)19)7-10(12)8-16-13-5-6-20-14(13)9-1-2-9/h3-4,7,9,13-14,16H,1-2,5-6,8H2. The summed E-state index contributed by atoms with van der Waals surface area (Å²) in [5.41, 5.74) is 0.843. The second kappa shape index (κ2) is 5.68. The summed E-state index contributed by atoms with van der Waals surface area (Å²) in [6.45, 7) is 1.33. The lowest BCUT2D eigenvalue weighted by molar-refractivity contribution is -0.384. The third kappa shape index (κ3) is 2.95. The van der Waals surface area contributed by atoms with Gasteiger partial charge in [0, 0.05) is 36.3 Å². The second-order valence-corrected chi connectivity index (χ2v) is 5.89. The number of nitrogens with zero attached hydrogens (tertiary/aromatic N) is 1. The van der Waals surface area contributed by atoms with Crippen LogP contribution in [-0.4, -0.2) is 23.7 Å². The van der Waals surface area contributed by atoms with Gasteiger partial charge in [-0.3, -0.25) is 10.1 Å². The second-order valence-electron chi connectivity index (χ2n) is 5.48. The Hall–Kier alpha value is -1.17. The quantitative estimate of drug-likeness (QED) is 0.670. The molecule has 2 fully saturated rings. The highest BCUT2D eigenvalue weighted by molar-refractivity contribution is 6.31. The van der Waals surface area contributed by atoms with Gasteiger partial charge in [0.15, 0.2) is 0 Å². The number of rotatable bonds is 5. The van der Waals surface area contributed by atoms with E-state index in [2.05, 4.69) is 5.32 Å². The molecule has 0 spiro atoms. The van der Waals surface area contributed by atoms with Crippen LogP contribution < -0.4 is 5.32 Å². The summed E-state index contributed by atoms with van der Waals surface area (Å²) in [5, 5.41) is 14.8. The van der Waals surface area contributed by atoms with E-state index in [9.17, 15) is 10.1 Å². The molecule has 0 radical (unpaired) electrons. The van der Waals surface area contributed by atoms with E-state index in [4.69, 9.17) is 16.3 Å². The Morgan fingerprint density at radius 1 is 1.40 bits per heavy atom. The highest BCUT2D eigenvalue weighted by Gasteiger charge is 2.40. The molecular weight excluding hydrogens is 280 g/mol. The van der Waals surface area contributed by atoms with E-state index >= 15 is 0 Å². The number of halogens is 1. The van der Waals surface area contributed by atoms with E-state index in [0.717, 1.165) is 18.6 Å². The molecule has 0 amide bonds. The van der Waals surface area contributed by atoms with Gasteiger partial charge in [0.25, 0.3) is 5.69 Å². The molecule has 1 N–H and O–H groups in total. The average molecular weight is 297 g/mol. The van der Waals surface area contributed by atoms with Crippen LogP contribution in [0.25, 0.3) is 0 Å². The average Bonchev–Trinajstić information content (AvgIpc) is 3.17. The van der Waals surface area contributed by atoms with Crippen molar-refractivity contribution in [2.45, 2.75) is 38.0 Å². The van der Waals surface area contributed by atoms with E-state index < -0.39 is 4.92 Å². The molecule has 20 heavy (non-hydrogen) atoms. The van der Waals surface area contributed by atoms with Crippen LogP contribution in [0.3, 0.4) is 0 Å². The lowest BCUT2D eigenvalue weighted by atomic mass is 10.1. The van der Waals surface area contributed by atoms with Crippen LogP contribution >= 0.6 is 11.6 Å². The summed E-state index contributed by atoms with van der Waals surface area (Å²) >= 11 is 6.10. The minimum absolute atomic E-state index is 0.0765. The van der Waals surface area contributed by atoms with Crippen molar-refractivity contribution in [3.05, 3.63) is 38.9 Å². The van der Waals surface area contributed by atoms with Crippen LogP contribution in [0.15, 0.2) is 18.2 Å². The lowest BCUT2D eigenvalue weighted by Gasteiger charge is -2.19. The molecular formula is C14H17ClN2O3. The Balaban J connectivity index is 1.65. The largest absolute Gasteiger partial charge is 0.376 e.